The highest BCUT2D eigenvalue weighted by molar-refractivity contribution is 7.61. The number of benzene rings is 8. The molecule has 0 saturated heterocycles. The van der Waals surface area contributed by atoms with Crippen LogP contribution in [0.3, 0.4) is 0 Å². The van der Waals surface area contributed by atoms with Crippen LogP contribution in [-0.4, -0.2) is 9.13 Å². The van der Waals surface area contributed by atoms with Crippen molar-refractivity contribution in [2.24, 2.45) is 0 Å². The zero-order valence-corrected chi connectivity index (χ0v) is 29.3. The molecule has 10 rings (SSSR count). The minimum absolute atomic E-state index is 0.849. The Morgan fingerprint density at radius 1 is 0.308 bits per heavy atom. The van der Waals surface area contributed by atoms with Gasteiger partial charge in [0, 0.05) is 43.3 Å². The van der Waals surface area contributed by atoms with Gasteiger partial charge in [-0.25, -0.2) is 0 Å². The van der Waals surface area contributed by atoms with Gasteiger partial charge in [-0.05, 0) is 47.5 Å². The molecule has 8 aromatic carbocycles. The van der Waals surface area contributed by atoms with Crippen molar-refractivity contribution in [3.8, 4) is 33.6 Å². The zero-order chi connectivity index (χ0) is 34.6. The molecule has 0 aliphatic heterocycles. The van der Waals surface area contributed by atoms with Crippen molar-refractivity contribution in [2.75, 3.05) is 0 Å². The Balaban J connectivity index is 0.979. The number of aromatic nitrogens is 2. The normalized spacial score (nSPS) is 11.7. The minimum atomic E-state index is -2.22. The van der Waals surface area contributed by atoms with Crippen LogP contribution in [0.5, 0.6) is 0 Å². The first-order valence-corrected chi connectivity index (χ1v) is 19.1. The highest BCUT2D eigenvalue weighted by Crippen LogP contribution is 2.38. The molecule has 246 valence electrons. The summed E-state index contributed by atoms with van der Waals surface area (Å²) in [6, 6.07) is 68.0. The summed E-state index contributed by atoms with van der Waals surface area (Å²) >= 11 is 0. The Bertz CT molecular complexity index is 2660. The van der Waals surface area contributed by atoms with Crippen molar-refractivity contribution in [3.05, 3.63) is 194 Å². The quantitative estimate of drug-likeness (QED) is 0.160. The molecule has 0 aliphatic rings. The molecule has 2 heterocycles. The van der Waals surface area contributed by atoms with Gasteiger partial charge in [-0.3, -0.25) is 0 Å². The summed E-state index contributed by atoms with van der Waals surface area (Å²) in [4.78, 5) is 0. The number of fused-ring (bicyclic) bond motifs is 6. The van der Waals surface area contributed by atoms with Gasteiger partial charge in [0.2, 0.25) is 0 Å². The van der Waals surface area contributed by atoms with Crippen molar-refractivity contribution in [3.63, 3.8) is 0 Å². The standard InChI is InChI=1S/C48H33N2OP/c51-52(35-29-25-33(26-30-35)37-13-1-7-19-43(37)49-45-21-9-3-15-39(45)40-16-4-10-22-46(40)49)36-31-27-34(28-32-36)38-14-2-8-20-44(38)50-47-23-11-5-17-41(47)42-18-6-12-24-48(42)50/h1-32,52H. The average molecular weight is 685 g/mol. The zero-order valence-electron chi connectivity index (χ0n) is 28.3. The van der Waals surface area contributed by atoms with Crippen LogP contribution in [0.1, 0.15) is 0 Å². The molecule has 0 fully saturated rings. The maximum Gasteiger partial charge on any atom is 0.131 e. The summed E-state index contributed by atoms with van der Waals surface area (Å²) in [5.74, 6) is 0. The van der Waals surface area contributed by atoms with E-state index >= 15 is 0 Å². The van der Waals surface area contributed by atoms with Crippen molar-refractivity contribution in [1.82, 2.24) is 9.13 Å². The lowest BCUT2D eigenvalue weighted by molar-refractivity contribution is 0.598. The summed E-state index contributed by atoms with van der Waals surface area (Å²) in [5, 5.41) is 6.65. The van der Waals surface area contributed by atoms with Crippen LogP contribution in [0.2, 0.25) is 0 Å². The maximum absolute atomic E-state index is 14.0. The monoisotopic (exact) mass is 684 g/mol. The number of nitrogens with zero attached hydrogens (tertiary/aromatic N) is 2. The molecule has 0 saturated carbocycles. The SMILES string of the molecule is O=[PH](c1ccc(-c2ccccc2-n2c3ccccc3c3ccccc32)cc1)c1ccc(-c2ccccc2-n2c3ccccc3c3ccccc32)cc1. The lowest BCUT2D eigenvalue weighted by Crippen LogP contribution is -2.06. The van der Waals surface area contributed by atoms with E-state index in [9.17, 15) is 4.57 Å². The largest absolute Gasteiger partial charge is 0.317 e. The molecule has 0 spiro atoms. The second-order valence-electron chi connectivity index (χ2n) is 13.3. The van der Waals surface area contributed by atoms with E-state index in [1.54, 1.807) is 0 Å². The number of hydrogen-bond donors (Lipinski definition) is 0. The topological polar surface area (TPSA) is 26.9 Å². The van der Waals surface area contributed by atoms with E-state index in [2.05, 4.69) is 179 Å². The summed E-state index contributed by atoms with van der Waals surface area (Å²) in [6.45, 7) is 0. The lowest BCUT2D eigenvalue weighted by atomic mass is 10.0. The Morgan fingerprint density at radius 3 is 0.942 bits per heavy atom. The number of para-hydroxylation sites is 6. The van der Waals surface area contributed by atoms with Gasteiger partial charge in [-0.1, -0.05) is 158 Å². The molecule has 4 heteroatoms. The molecular formula is C48H33N2OP. The highest BCUT2D eigenvalue weighted by atomic mass is 31.1. The summed E-state index contributed by atoms with van der Waals surface area (Å²) < 4.78 is 18.7. The lowest BCUT2D eigenvalue weighted by Gasteiger charge is -2.15. The van der Waals surface area contributed by atoms with Crippen molar-refractivity contribution in [1.29, 1.82) is 0 Å². The molecular weight excluding hydrogens is 652 g/mol. The average Bonchev–Trinajstić information content (AvgIpc) is 3.74. The second-order valence-corrected chi connectivity index (χ2v) is 15.1. The summed E-state index contributed by atoms with van der Waals surface area (Å²) in [6.07, 6.45) is 0. The first-order valence-electron chi connectivity index (χ1n) is 17.7. The Morgan fingerprint density at radius 2 is 0.596 bits per heavy atom. The van der Waals surface area contributed by atoms with E-state index in [-0.39, 0.29) is 0 Å². The van der Waals surface area contributed by atoms with Crippen molar-refractivity contribution in [2.45, 2.75) is 0 Å². The van der Waals surface area contributed by atoms with Crippen molar-refractivity contribution >= 4 is 62.0 Å². The van der Waals surface area contributed by atoms with Crippen LogP contribution in [-0.2, 0) is 4.57 Å². The Hall–Kier alpha value is -6.41. The highest BCUT2D eigenvalue weighted by Gasteiger charge is 2.17. The summed E-state index contributed by atoms with van der Waals surface area (Å²) in [7, 11) is -2.22. The predicted octanol–water partition coefficient (Wildman–Crippen LogP) is 11.7. The smallest absolute Gasteiger partial charge is 0.131 e. The Labute approximate surface area is 302 Å². The third-order valence-corrected chi connectivity index (χ3v) is 12.1. The van der Waals surface area contributed by atoms with Crippen molar-refractivity contribution < 1.29 is 4.57 Å². The minimum Gasteiger partial charge on any atom is -0.317 e. The molecule has 10 aromatic rings. The molecule has 0 unspecified atom stereocenters. The molecule has 0 aliphatic carbocycles. The van der Waals surface area contributed by atoms with Gasteiger partial charge in [-0.15, -0.1) is 0 Å². The van der Waals surface area contributed by atoms with Gasteiger partial charge in [0.15, 0.2) is 0 Å². The predicted molar refractivity (Wildman–Crippen MR) is 221 cm³/mol. The number of hydrogen-bond acceptors (Lipinski definition) is 1. The third kappa shape index (κ3) is 4.86. The second kappa shape index (κ2) is 12.4. The molecule has 0 radical (unpaired) electrons. The van der Waals surface area contributed by atoms with E-state index < -0.39 is 7.80 Å². The van der Waals surface area contributed by atoms with Crippen LogP contribution in [0.25, 0.3) is 77.2 Å². The van der Waals surface area contributed by atoms with Gasteiger partial charge in [0.25, 0.3) is 0 Å². The third-order valence-electron chi connectivity index (χ3n) is 10.4. The van der Waals surface area contributed by atoms with Crippen LogP contribution in [0.15, 0.2) is 194 Å². The van der Waals surface area contributed by atoms with Crippen LogP contribution in [0.4, 0.5) is 0 Å². The molecule has 0 bridgehead atoms. The molecule has 3 nitrogen and oxygen atoms in total. The van der Waals surface area contributed by atoms with Gasteiger partial charge in [-0.2, -0.15) is 0 Å². The molecule has 2 aromatic heterocycles. The molecule has 52 heavy (non-hydrogen) atoms. The number of rotatable bonds is 6. The maximum atomic E-state index is 14.0. The fourth-order valence-corrected chi connectivity index (χ4v) is 9.23. The van der Waals surface area contributed by atoms with Gasteiger partial charge < -0.3 is 13.7 Å². The first kappa shape index (κ1) is 30.4. The van der Waals surface area contributed by atoms with Gasteiger partial charge in [0.1, 0.15) is 7.80 Å². The van der Waals surface area contributed by atoms with E-state index in [0.717, 1.165) is 44.2 Å². The van der Waals surface area contributed by atoms with Gasteiger partial charge >= 0.3 is 0 Å². The Kier molecular flexibility index (Phi) is 7.27. The van der Waals surface area contributed by atoms with Gasteiger partial charge in [0.05, 0.1) is 33.4 Å². The molecule has 0 atom stereocenters. The molecule has 0 N–H and O–H groups in total. The van der Waals surface area contributed by atoms with Crippen LogP contribution in [0, 0.1) is 0 Å². The van der Waals surface area contributed by atoms with E-state index in [4.69, 9.17) is 0 Å². The summed E-state index contributed by atoms with van der Waals surface area (Å²) in [5.41, 5.74) is 11.4. The van der Waals surface area contributed by atoms with E-state index in [1.807, 2.05) is 24.3 Å². The fourth-order valence-electron chi connectivity index (χ4n) is 7.96. The van der Waals surface area contributed by atoms with E-state index in [0.29, 0.717) is 0 Å². The van der Waals surface area contributed by atoms with Crippen LogP contribution >= 0.6 is 7.80 Å². The van der Waals surface area contributed by atoms with Crippen LogP contribution < -0.4 is 10.6 Å². The molecule has 0 amide bonds. The van der Waals surface area contributed by atoms with E-state index in [1.165, 1.54) is 43.6 Å². The first-order chi connectivity index (χ1) is 25.7. The fraction of sp³-hybridized carbons (Fsp3) is 0.